The van der Waals surface area contributed by atoms with E-state index in [1.807, 2.05) is 0 Å². The van der Waals surface area contributed by atoms with E-state index in [4.69, 9.17) is 10.5 Å². The smallest absolute Gasteiger partial charge is 0.316 e. The molecule has 1 atom stereocenters. The topological polar surface area (TPSA) is 76.4 Å². The molecule has 0 saturated carbocycles. The van der Waals surface area contributed by atoms with Crippen LogP contribution in [0.15, 0.2) is 0 Å². The number of hydrogen-bond donors (Lipinski definition) is 3. The molecule has 1 fully saturated rings. The van der Waals surface area contributed by atoms with Gasteiger partial charge in [0.25, 0.3) is 0 Å². The highest BCUT2D eigenvalue weighted by atomic mass is 16.5. The molecule has 5 nitrogen and oxygen atoms in total. The van der Waals surface area contributed by atoms with Gasteiger partial charge in [-0.15, -0.1) is 0 Å². The molecule has 0 spiro atoms. The minimum absolute atomic E-state index is 0.109. The maximum atomic E-state index is 11.0. The van der Waals surface area contributed by atoms with Gasteiger partial charge in [0.15, 0.2) is 0 Å². The van der Waals surface area contributed by atoms with Gasteiger partial charge in [-0.25, -0.2) is 4.79 Å². The first-order valence-electron chi connectivity index (χ1n) is 4.19. The molecule has 1 aliphatic rings. The van der Waals surface area contributed by atoms with Crippen molar-refractivity contribution in [3.05, 3.63) is 0 Å². The Bertz CT molecular complexity index is 146. The van der Waals surface area contributed by atoms with Gasteiger partial charge in [-0.3, -0.25) is 0 Å². The van der Waals surface area contributed by atoms with Gasteiger partial charge in [0.1, 0.15) is 6.23 Å². The van der Waals surface area contributed by atoms with Gasteiger partial charge < -0.3 is 21.1 Å². The fraction of sp³-hybridized carbons (Fsp3) is 0.857. The summed E-state index contributed by atoms with van der Waals surface area (Å²) in [5.74, 6) is 0. The third kappa shape index (κ3) is 3.06. The maximum Gasteiger partial charge on any atom is 0.316 e. The van der Waals surface area contributed by atoms with Crippen molar-refractivity contribution in [3.63, 3.8) is 0 Å². The van der Waals surface area contributed by atoms with Crippen LogP contribution >= 0.6 is 0 Å². The van der Waals surface area contributed by atoms with Gasteiger partial charge >= 0.3 is 6.03 Å². The van der Waals surface area contributed by atoms with E-state index in [9.17, 15) is 4.79 Å². The Morgan fingerprint density at radius 3 is 3.08 bits per heavy atom. The van der Waals surface area contributed by atoms with Gasteiger partial charge in [0.2, 0.25) is 0 Å². The number of carbonyl (C=O) groups is 1. The summed E-state index contributed by atoms with van der Waals surface area (Å²) in [6.07, 6.45) is 1.81. The average Bonchev–Trinajstić information content (AvgIpc) is 2.53. The number of urea groups is 1. The molecular formula is C7H15N3O2. The van der Waals surface area contributed by atoms with E-state index in [-0.39, 0.29) is 12.3 Å². The Labute approximate surface area is 71.6 Å². The van der Waals surface area contributed by atoms with E-state index in [1.165, 1.54) is 0 Å². The molecule has 0 aromatic carbocycles. The molecule has 1 heterocycles. The Kier molecular flexibility index (Phi) is 3.83. The standard InChI is InChI=1S/C7H15N3O2/c8-3-4-9-7(11)10-6-2-1-5-12-6/h6H,1-5,8H2,(H2,9,10,11). The van der Waals surface area contributed by atoms with Crippen LogP contribution in [0, 0.1) is 0 Å². The molecule has 0 aliphatic carbocycles. The van der Waals surface area contributed by atoms with E-state index in [0.29, 0.717) is 13.1 Å². The number of hydrogen-bond acceptors (Lipinski definition) is 3. The van der Waals surface area contributed by atoms with Crippen LogP contribution in [0.5, 0.6) is 0 Å². The molecule has 5 heteroatoms. The first-order chi connectivity index (χ1) is 5.83. The first-order valence-corrected chi connectivity index (χ1v) is 4.19. The van der Waals surface area contributed by atoms with Crippen molar-refractivity contribution >= 4 is 6.03 Å². The van der Waals surface area contributed by atoms with Crippen molar-refractivity contribution in [2.75, 3.05) is 19.7 Å². The molecule has 4 N–H and O–H groups in total. The van der Waals surface area contributed by atoms with E-state index in [1.54, 1.807) is 0 Å². The van der Waals surface area contributed by atoms with E-state index in [0.717, 1.165) is 19.4 Å². The second kappa shape index (κ2) is 4.95. The molecule has 0 bridgehead atoms. The second-order valence-electron chi connectivity index (χ2n) is 2.69. The molecule has 0 aromatic heterocycles. The third-order valence-electron chi connectivity index (χ3n) is 1.65. The Morgan fingerprint density at radius 2 is 2.50 bits per heavy atom. The molecule has 0 aromatic rings. The summed E-state index contributed by atoms with van der Waals surface area (Å²) in [5.41, 5.74) is 5.21. The first kappa shape index (κ1) is 9.28. The predicted molar refractivity (Wildman–Crippen MR) is 44.6 cm³/mol. The fourth-order valence-electron chi connectivity index (χ4n) is 1.07. The summed E-state index contributed by atoms with van der Waals surface area (Å²) in [6, 6.07) is -0.202. The Balaban J connectivity index is 2.08. The van der Waals surface area contributed by atoms with Gasteiger partial charge in [0, 0.05) is 19.7 Å². The van der Waals surface area contributed by atoms with Crippen LogP contribution in [0.3, 0.4) is 0 Å². The molecule has 1 rings (SSSR count). The van der Waals surface area contributed by atoms with Gasteiger partial charge in [-0.05, 0) is 12.8 Å². The van der Waals surface area contributed by atoms with Crippen LogP contribution in [0.1, 0.15) is 12.8 Å². The van der Waals surface area contributed by atoms with Gasteiger partial charge in [0.05, 0.1) is 0 Å². The number of rotatable bonds is 3. The Morgan fingerprint density at radius 1 is 1.67 bits per heavy atom. The average molecular weight is 173 g/mol. The minimum Gasteiger partial charge on any atom is -0.358 e. The van der Waals surface area contributed by atoms with Crippen molar-refractivity contribution in [3.8, 4) is 0 Å². The van der Waals surface area contributed by atoms with Crippen molar-refractivity contribution < 1.29 is 9.53 Å². The summed E-state index contributed by atoms with van der Waals surface area (Å²) in [7, 11) is 0. The lowest BCUT2D eigenvalue weighted by Gasteiger charge is -2.11. The SMILES string of the molecule is NCCNC(=O)NC1CCCO1. The van der Waals surface area contributed by atoms with Crippen LogP contribution < -0.4 is 16.4 Å². The maximum absolute atomic E-state index is 11.0. The lowest BCUT2D eigenvalue weighted by Crippen LogP contribution is -2.43. The number of nitrogens with two attached hydrogens (primary N) is 1. The van der Waals surface area contributed by atoms with Crippen molar-refractivity contribution in [2.45, 2.75) is 19.1 Å². The lowest BCUT2D eigenvalue weighted by atomic mass is 10.3. The zero-order valence-corrected chi connectivity index (χ0v) is 7.01. The van der Waals surface area contributed by atoms with Gasteiger partial charge in [-0.1, -0.05) is 0 Å². The van der Waals surface area contributed by atoms with Crippen LogP contribution in [-0.4, -0.2) is 32.0 Å². The van der Waals surface area contributed by atoms with E-state index in [2.05, 4.69) is 10.6 Å². The van der Waals surface area contributed by atoms with E-state index >= 15 is 0 Å². The predicted octanol–water partition coefficient (Wildman–Crippen LogP) is -0.619. The molecule has 70 valence electrons. The monoisotopic (exact) mass is 173 g/mol. The molecule has 1 aliphatic heterocycles. The summed E-state index contributed by atoms with van der Waals surface area (Å²) in [5, 5.41) is 5.29. The van der Waals surface area contributed by atoms with Crippen LogP contribution in [0.25, 0.3) is 0 Å². The number of carbonyl (C=O) groups excluding carboxylic acids is 1. The highest BCUT2D eigenvalue weighted by Gasteiger charge is 2.16. The van der Waals surface area contributed by atoms with Gasteiger partial charge in [-0.2, -0.15) is 0 Å². The van der Waals surface area contributed by atoms with E-state index < -0.39 is 0 Å². The largest absolute Gasteiger partial charge is 0.358 e. The summed E-state index contributed by atoms with van der Waals surface area (Å²) < 4.78 is 5.20. The lowest BCUT2D eigenvalue weighted by molar-refractivity contribution is 0.0908. The zero-order valence-electron chi connectivity index (χ0n) is 7.01. The second-order valence-corrected chi connectivity index (χ2v) is 2.69. The van der Waals surface area contributed by atoms with Crippen LogP contribution in [0.4, 0.5) is 4.79 Å². The number of amides is 2. The quantitative estimate of drug-likeness (QED) is 0.532. The summed E-state index contributed by atoms with van der Waals surface area (Å²) in [6.45, 7) is 1.69. The highest BCUT2D eigenvalue weighted by Crippen LogP contribution is 2.08. The summed E-state index contributed by atoms with van der Waals surface area (Å²) >= 11 is 0. The molecule has 1 unspecified atom stereocenters. The normalized spacial score (nSPS) is 22.2. The Hall–Kier alpha value is -0.810. The summed E-state index contributed by atoms with van der Waals surface area (Å²) in [4.78, 5) is 11.0. The number of nitrogens with one attached hydrogen (secondary N) is 2. The van der Waals surface area contributed by atoms with Crippen LogP contribution in [-0.2, 0) is 4.74 Å². The highest BCUT2D eigenvalue weighted by molar-refractivity contribution is 5.73. The zero-order chi connectivity index (χ0) is 8.81. The van der Waals surface area contributed by atoms with Crippen LogP contribution in [0.2, 0.25) is 0 Å². The minimum atomic E-state index is -0.202. The third-order valence-corrected chi connectivity index (χ3v) is 1.65. The van der Waals surface area contributed by atoms with Crippen molar-refractivity contribution in [2.24, 2.45) is 5.73 Å². The fourth-order valence-corrected chi connectivity index (χ4v) is 1.07. The number of ether oxygens (including phenoxy) is 1. The molecule has 0 radical (unpaired) electrons. The van der Waals surface area contributed by atoms with Crippen molar-refractivity contribution in [1.82, 2.24) is 10.6 Å². The molecule has 12 heavy (non-hydrogen) atoms. The molecule has 2 amide bonds. The molecule has 1 saturated heterocycles. The molecular weight excluding hydrogens is 158 g/mol. The van der Waals surface area contributed by atoms with Crippen molar-refractivity contribution in [1.29, 1.82) is 0 Å².